The summed E-state index contributed by atoms with van der Waals surface area (Å²) in [7, 11) is 1.27. The molecule has 0 saturated heterocycles. The van der Waals surface area contributed by atoms with Crippen LogP contribution < -0.4 is 35.0 Å². The number of amides is 2. The van der Waals surface area contributed by atoms with Gasteiger partial charge in [0, 0.05) is 10.7 Å². The van der Waals surface area contributed by atoms with Gasteiger partial charge in [0.1, 0.15) is 13.2 Å². The number of aliphatic hydroxyl groups is 1. The van der Waals surface area contributed by atoms with E-state index in [1.54, 1.807) is 37.3 Å². The van der Waals surface area contributed by atoms with Crippen LogP contribution in [0, 0.1) is 0 Å². The third-order valence-corrected chi connectivity index (χ3v) is 7.54. The van der Waals surface area contributed by atoms with Crippen LogP contribution >= 0.6 is 27.5 Å². The standard InChI is InChI=1S/C33H36BrClN4O8/c1-5-44-26-15-22(30-29(32(41)43-4)19(3)37-33(42)38-30)10-11-25(26)46-18-28(40)39-36-16-21-13-24(34)31(27(14-21)45-6-2)47-17-20-8-7-9-23(35)12-20/h7-16,28,30,39-40H,5-6,17-18H2,1-4H3,(H2,37,38,42)/b36-16+/t28-,30+/m0/s1. The minimum Gasteiger partial charge on any atom is -0.490 e. The average Bonchev–Trinajstić information content (AvgIpc) is 3.03. The summed E-state index contributed by atoms with van der Waals surface area (Å²) in [6, 6.07) is 14.8. The maximum atomic E-state index is 12.5. The Balaban J connectivity index is 1.40. The zero-order chi connectivity index (χ0) is 33.9. The molecule has 12 nitrogen and oxygen atoms in total. The Kier molecular flexibility index (Phi) is 12.7. The van der Waals surface area contributed by atoms with E-state index >= 15 is 0 Å². The lowest BCUT2D eigenvalue weighted by Gasteiger charge is -2.28. The first-order chi connectivity index (χ1) is 22.6. The SMILES string of the molecule is CCOc1cc([C@H]2NC(=O)NC(C)=C2C(=O)OC)ccc1OC[C@H](O)N/N=C/c1cc(Br)c(OCc2cccc(Cl)c2)c(OCC)c1. The van der Waals surface area contributed by atoms with Crippen molar-refractivity contribution in [2.24, 2.45) is 5.10 Å². The number of hydrogen-bond acceptors (Lipinski definition) is 10. The molecule has 0 aliphatic carbocycles. The van der Waals surface area contributed by atoms with E-state index in [-0.39, 0.29) is 12.2 Å². The lowest BCUT2D eigenvalue weighted by Crippen LogP contribution is -2.45. The predicted molar refractivity (Wildman–Crippen MR) is 180 cm³/mol. The van der Waals surface area contributed by atoms with Gasteiger partial charge in [0.25, 0.3) is 0 Å². The minimum atomic E-state index is -1.17. The normalized spacial score (nSPS) is 15.0. The van der Waals surface area contributed by atoms with Gasteiger partial charge in [-0.2, -0.15) is 5.10 Å². The number of hydrogen-bond donors (Lipinski definition) is 4. The topological polar surface area (TPSA) is 149 Å². The van der Waals surface area contributed by atoms with Crippen molar-refractivity contribution in [2.45, 2.75) is 39.6 Å². The smallest absolute Gasteiger partial charge is 0.337 e. The number of ether oxygens (including phenoxy) is 5. The van der Waals surface area contributed by atoms with Gasteiger partial charge in [-0.3, -0.25) is 5.43 Å². The van der Waals surface area contributed by atoms with Gasteiger partial charge in [-0.25, -0.2) is 9.59 Å². The van der Waals surface area contributed by atoms with Crippen LogP contribution in [0.25, 0.3) is 0 Å². The van der Waals surface area contributed by atoms with Gasteiger partial charge in [-0.05, 0) is 89.8 Å². The van der Waals surface area contributed by atoms with Crippen LogP contribution in [0.5, 0.6) is 23.0 Å². The molecule has 4 rings (SSSR count). The molecule has 1 heterocycles. The summed E-state index contributed by atoms with van der Waals surface area (Å²) in [5, 5.41) is 20.6. The number of carbonyl (C=O) groups excluding carboxylic acids is 2. The summed E-state index contributed by atoms with van der Waals surface area (Å²) >= 11 is 9.64. The third-order valence-electron chi connectivity index (χ3n) is 6.71. The fourth-order valence-electron chi connectivity index (χ4n) is 4.67. The van der Waals surface area contributed by atoms with Gasteiger partial charge in [0.05, 0.1) is 42.6 Å². The van der Waals surface area contributed by atoms with Crippen molar-refractivity contribution in [3.63, 3.8) is 0 Å². The number of carbonyl (C=O) groups is 2. The quantitative estimate of drug-likeness (QED) is 0.0679. The highest BCUT2D eigenvalue weighted by molar-refractivity contribution is 9.10. The average molecular weight is 732 g/mol. The number of hydrazone groups is 1. The second-order valence-electron chi connectivity index (χ2n) is 10.1. The molecule has 3 aromatic rings. The molecule has 0 spiro atoms. The highest BCUT2D eigenvalue weighted by Gasteiger charge is 2.32. The molecule has 0 bridgehead atoms. The van der Waals surface area contributed by atoms with Gasteiger partial charge in [-0.15, -0.1) is 0 Å². The molecule has 2 atom stereocenters. The number of allylic oxidation sites excluding steroid dienone is 1. The number of halogens is 2. The zero-order valence-corrected chi connectivity index (χ0v) is 28.6. The van der Waals surface area contributed by atoms with E-state index < -0.39 is 24.3 Å². The lowest BCUT2D eigenvalue weighted by molar-refractivity contribution is -0.136. The molecule has 14 heteroatoms. The van der Waals surface area contributed by atoms with Crippen LogP contribution in [-0.2, 0) is 16.1 Å². The first-order valence-corrected chi connectivity index (χ1v) is 15.9. The summed E-state index contributed by atoms with van der Waals surface area (Å²) < 4.78 is 29.0. The molecule has 0 radical (unpaired) electrons. The molecule has 1 aliphatic rings. The summed E-state index contributed by atoms with van der Waals surface area (Å²) in [4.78, 5) is 24.6. The van der Waals surface area contributed by atoms with Crippen molar-refractivity contribution < 1.29 is 38.4 Å². The van der Waals surface area contributed by atoms with Crippen molar-refractivity contribution in [2.75, 3.05) is 26.9 Å². The van der Waals surface area contributed by atoms with E-state index in [2.05, 4.69) is 37.1 Å². The maximum Gasteiger partial charge on any atom is 0.337 e. The molecule has 0 aromatic heterocycles. The number of nitrogens with zero attached hydrogens (tertiary/aromatic N) is 1. The molecule has 47 heavy (non-hydrogen) atoms. The first-order valence-electron chi connectivity index (χ1n) is 14.7. The number of esters is 1. The fourth-order valence-corrected chi connectivity index (χ4v) is 5.45. The van der Waals surface area contributed by atoms with E-state index in [0.29, 0.717) is 69.1 Å². The molecule has 3 aromatic carbocycles. The van der Waals surface area contributed by atoms with E-state index in [4.69, 9.17) is 35.3 Å². The Morgan fingerprint density at radius 1 is 1.06 bits per heavy atom. The number of urea groups is 1. The minimum absolute atomic E-state index is 0.169. The van der Waals surface area contributed by atoms with Crippen LogP contribution in [0.2, 0.25) is 5.02 Å². The number of benzene rings is 3. The van der Waals surface area contributed by atoms with Crippen molar-refractivity contribution >= 4 is 45.7 Å². The monoisotopic (exact) mass is 730 g/mol. The van der Waals surface area contributed by atoms with Crippen molar-refractivity contribution in [3.05, 3.63) is 92.1 Å². The Bertz CT molecular complexity index is 1650. The predicted octanol–water partition coefficient (Wildman–Crippen LogP) is 5.60. The molecule has 1 aliphatic heterocycles. The highest BCUT2D eigenvalue weighted by atomic mass is 79.9. The van der Waals surface area contributed by atoms with Gasteiger partial charge in [0.15, 0.2) is 29.2 Å². The van der Waals surface area contributed by atoms with E-state index in [1.807, 2.05) is 38.1 Å². The molecule has 0 fully saturated rings. The van der Waals surface area contributed by atoms with Crippen LogP contribution in [0.15, 0.2) is 75.4 Å². The van der Waals surface area contributed by atoms with Crippen LogP contribution in [0.1, 0.15) is 43.5 Å². The summed E-state index contributed by atoms with van der Waals surface area (Å²) in [6.45, 7) is 6.19. The molecular formula is C33H36BrClN4O8. The van der Waals surface area contributed by atoms with Crippen LogP contribution in [-0.4, -0.2) is 56.5 Å². The zero-order valence-electron chi connectivity index (χ0n) is 26.3. The van der Waals surface area contributed by atoms with Crippen molar-refractivity contribution in [3.8, 4) is 23.0 Å². The second kappa shape index (κ2) is 16.9. The molecular weight excluding hydrogens is 696 g/mol. The third kappa shape index (κ3) is 9.53. The largest absolute Gasteiger partial charge is 0.490 e. The van der Waals surface area contributed by atoms with Gasteiger partial charge < -0.3 is 39.4 Å². The molecule has 0 saturated carbocycles. The summed E-state index contributed by atoms with van der Waals surface area (Å²) in [6.07, 6.45) is 0.357. The van der Waals surface area contributed by atoms with Crippen molar-refractivity contribution in [1.82, 2.24) is 16.1 Å². The van der Waals surface area contributed by atoms with E-state index in [1.165, 1.54) is 13.3 Å². The number of aliphatic hydroxyl groups excluding tert-OH is 1. The van der Waals surface area contributed by atoms with E-state index in [9.17, 15) is 14.7 Å². The molecule has 2 amide bonds. The molecule has 0 unspecified atom stereocenters. The fraction of sp³-hybridized carbons (Fsp3) is 0.303. The number of methoxy groups -OCH3 is 1. The number of nitrogens with one attached hydrogen (secondary N) is 3. The summed E-state index contributed by atoms with van der Waals surface area (Å²) in [5.41, 5.74) is 5.47. The van der Waals surface area contributed by atoms with E-state index in [0.717, 1.165) is 5.56 Å². The molecule has 250 valence electrons. The van der Waals surface area contributed by atoms with Gasteiger partial charge >= 0.3 is 12.0 Å². The lowest BCUT2D eigenvalue weighted by atomic mass is 9.95. The summed E-state index contributed by atoms with van der Waals surface area (Å²) in [5.74, 6) is 1.19. The Morgan fingerprint density at radius 2 is 1.83 bits per heavy atom. The second-order valence-corrected chi connectivity index (χ2v) is 11.4. The Morgan fingerprint density at radius 3 is 2.55 bits per heavy atom. The maximum absolute atomic E-state index is 12.5. The highest BCUT2D eigenvalue weighted by Crippen LogP contribution is 2.38. The number of rotatable bonds is 15. The molecule has 4 N–H and O–H groups in total. The van der Waals surface area contributed by atoms with Crippen molar-refractivity contribution in [1.29, 1.82) is 0 Å². The Labute approximate surface area is 286 Å². The van der Waals surface area contributed by atoms with Gasteiger partial charge in [0.2, 0.25) is 0 Å². The van der Waals surface area contributed by atoms with Gasteiger partial charge in [-0.1, -0.05) is 29.8 Å². The van der Waals surface area contributed by atoms with Crippen LogP contribution in [0.4, 0.5) is 4.79 Å². The first kappa shape index (κ1) is 35.4. The van der Waals surface area contributed by atoms with Crippen LogP contribution in [0.3, 0.4) is 0 Å². The Hall–Kier alpha value is -4.46.